The van der Waals surface area contributed by atoms with Crippen molar-refractivity contribution in [1.29, 1.82) is 0 Å². The van der Waals surface area contributed by atoms with Gasteiger partial charge >= 0.3 is 0 Å². The first-order chi connectivity index (χ1) is 9.85. The molecule has 102 valence electrons. The van der Waals surface area contributed by atoms with E-state index in [1.165, 1.54) is 0 Å². The Hall–Kier alpha value is -1.56. The van der Waals surface area contributed by atoms with Gasteiger partial charge in [0.2, 0.25) is 0 Å². The molecule has 0 saturated heterocycles. The minimum Gasteiger partial charge on any atom is -0.392 e. The van der Waals surface area contributed by atoms with Gasteiger partial charge in [0.25, 0.3) is 0 Å². The van der Waals surface area contributed by atoms with E-state index >= 15 is 0 Å². The van der Waals surface area contributed by atoms with Crippen LogP contribution in [0.25, 0.3) is 10.6 Å². The van der Waals surface area contributed by atoms with Gasteiger partial charge < -0.3 is 9.63 Å². The van der Waals surface area contributed by atoms with Gasteiger partial charge in [0.1, 0.15) is 0 Å². The first-order valence-electron chi connectivity index (χ1n) is 6.17. The molecule has 5 heteroatoms. The number of aliphatic hydroxyl groups is 1. The van der Waals surface area contributed by atoms with Crippen molar-refractivity contribution in [3.8, 4) is 10.6 Å². The van der Waals surface area contributed by atoms with E-state index in [1.807, 2.05) is 47.8 Å². The lowest BCUT2D eigenvalue weighted by Gasteiger charge is -2.00. The van der Waals surface area contributed by atoms with Crippen LogP contribution in [0.4, 0.5) is 0 Å². The van der Waals surface area contributed by atoms with E-state index in [9.17, 15) is 0 Å². The second kappa shape index (κ2) is 6.26. The Morgan fingerprint density at radius 1 is 1.20 bits per heavy atom. The van der Waals surface area contributed by atoms with Crippen LogP contribution in [0.3, 0.4) is 0 Å². The summed E-state index contributed by atoms with van der Waals surface area (Å²) in [5.41, 5.74) is 1.86. The van der Waals surface area contributed by atoms with Crippen molar-refractivity contribution < 1.29 is 9.63 Å². The van der Waals surface area contributed by atoms with Crippen LogP contribution in [0.2, 0.25) is 0 Å². The molecule has 0 aliphatic carbocycles. The SMILES string of the molecule is OCc1ccc(SCc2cc(-c3cccs3)on2)cc1. The Kier molecular flexibility index (Phi) is 4.20. The molecule has 20 heavy (non-hydrogen) atoms. The zero-order valence-corrected chi connectivity index (χ0v) is 12.3. The molecular weight excluding hydrogens is 290 g/mol. The standard InChI is InChI=1S/C15H13NO2S2/c17-9-11-3-5-13(6-4-11)20-10-12-8-14(18-16-12)15-2-1-7-19-15/h1-8,17H,9-10H2. The normalized spacial score (nSPS) is 10.8. The average Bonchev–Trinajstić information content (AvgIpc) is 3.16. The van der Waals surface area contributed by atoms with E-state index < -0.39 is 0 Å². The van der Waals surface area contributed by atoms with Crippen LogP contribution in [0.1, 0.15) is 11.3 Å². The van der Waals surface area contributed by atoms with Gasteiger partial charge in [-0.3, -0.25) is 0 Å². The topological polar surface area (TPSA) is 46.3 Å². The van der Waals surface area contributed by atoms with Gasteiger partial charge in [0.05, 0.1) is 17.2 Å². The van der Waals surface area contributed by atoms with Crippen LogP contribution in [0, 0.1) is 0 Å². The van der Waals surface area contributed by atoms with Crippen LogP contribution in [-0.4, -0.2) is 10.3 Å². The lowest BCUT2D eigenvalue weighted by molar-refractivity contribution is 0.282. The third kappa shape index (κ3) is 3.12. The monoisotopic (exact) mass is 303 g/mol. The molecule has 0 atom stereocenters. The first kappa shape index (κ1) is 13.4. The minimum atomic E-state index is 0.0818. The molecule has 0 radical (unpaired) electrons. The molecule has 3 aromatic rings. The molecule has 1 N–H and O–H groups in total. The Morgan fingerprint density at radius 3 is 2.75 bits per heavy atom. The molecule has 0 spiro atoms. The summed E-state index contributed by atoms with van der Waals surface area (Å²) >= 11 is 3.35. The number of aliphatic hydroxyl groups excluding tert-OH is 1. The van der Waals surface area contributed by atoms with Gasteiger partial charge in [-0.2, -0.15) is 0 Å². The zero-order chi connectivity index (χ0) is 13.8. The maximum atomic E-state index is 9.00. The van der Waals surface area contributed by atoms with Gasteiger partial charge in [-0.15, -0.1) is 23.1 Å². The molecule has 0 aliphatic rings. The number of hydrogen-bond acceptors (Lipinski definition) is 5. The maximum Gasteiger partial charge on any atom is 0.177 e. The van der Waals surface area contributed by atoms with Crippen LogP contribution >= 0.6 is 23.1 Å². The largest absolute Gasteiger partial charge is 0.392 e. The summed E-state index contributed by atoms with van der Waals surface area (Å²) in [7, 11) is 0. The Balaban J connectivity index is 1.63. The summed E-state index contributed by atoms with van der Waals surface area (Å²) in [6.45, 7) is 0.0818. The van der Waals surface area contributed by atoms with E-state index in [2.05, 4.69) is 5.16 Å². The smallest absolute Gasteiger partial charge is 0.177 e. The molecule has 0 amide bonds. The number of thioether (sulfide) groups is 1. The number of thiophene rings is 1. The third-order valence-corrected chi connectivity index (χ3v) is 4.75. The van der Waals surface area contributed by atoms with E-state index in [1.54, 1.807) is 23.1 Å². The lowest BCUT2D eigenvalue weighted by Crippen LogP contribution is -1.83. The van der Waals surface area contributed by atoms with Crippen molar-refractivity contribution in [2.45, 2.75) is 17.3 Å². The molecule has 0 bridgehead atoms. The molecule has 0 unspecified atom stereocenters. The van der Waals surface area contributed by atoms with Crippen LogP contribution < -0.4 is 0 Å². The molecule has 1 aromatic carbocycles. The number of aromatic nitrogens is 1. The summed E-state index contributed by atoms with van der Waals surface area (Å²) in [4.78, 5) is 2.25. The first-order valence-corrected chi connectivity index (χ1v) is 8.04. The van der Waals surface area contributed by atoms with Crippen LogP contribution in [0.15, 0.2) is 57.3 Å². The van der Waals surface area contributed by atoms with E-state index in [0.717, 1.165) is 32.5 Å². The molecule has 0 aliphatic heterocycles. The summed E-state index contributed by atoms with van der Waals surface area (Å²) in [6, 6.07) is 13.9. The van der Waals surface area contributed by atoms with Gasteiger partial charge in [0, 0.05) is 16.7 Å². The fraction of sp³-hybridized carbons (Fsp3) is 0.133. The van der Waals surface area contributed by atoms with E-state index in [4.69, 9.17) is 9.63 Å². The molecule has 0 fully saturated rings. The number of benzene rings is 1. The van der Waals surface area contributed by atoms with E-state index in [0.29, 0.717) is 0 Å². The molecule has 3 rings (SSSR count). The van der Waals surface area contributed by atoms with Crippen LogP contribution in [0.5, 0.6) is 0 Å². The fourth-order valence-corrected chi connectivity index (χ4v) is 3.22. The second-order valence-corrected chi connectivity index (χ2v) is 6.25. The van der Waals surface area contributed by atoms with Gasteiger partial charge in [-0.25, -0.2) is 0 Å². The summed E-state index contributed by atoms with van der Waals surface area (Å²) in [6.07, 6.45) is 0. The lowest BCUT2D eigenvalue weighted by atomic mass is 10.2. The predicted octanol–water partition coefficient (Wildman–Crippen LogP) is 4.19. The van der Waals surface area contributed by atoms with Crippen LogP contribution in [-0.2, 0) is 12.4 Å². The van der Waals surface area contributed by atoms with E-state index in [-0.39, 0.29) is 6.61 Å². The third-order valence-electron chi connectivity index (χ3n) is 2.82. The van der Waals surface area contributed by atoms with Crippen molar-refractivity contribution in [3.63, 3.8) is 0 Å². The molecule has 2 aromatic heterocycles. The molecule has 0 saturated carbocycles. The molecule has 3 nitrogen and oxygen atoms in total. The Bertz CT molecular complexity index is 660. The predicted molar refractivity (Wildman–Crippen MR) is 81.7 cm³/mol. The summed E-state index contributed by atoms with van der Waals surface area (Å²) in [5.74, 6) is 1.60. The maximum absolute atomic E-state index is 9.00. The molecule has 2 heterocycles. The molecular formula is C15H13NO2S2. The Morgan fingerprint density at radius 2 is 2.05 bits per heavy atom. The van der Waals surface area contributed by atoms with Gasteiger partial charge in [-0.1, -0.05) is 23.4 Å². The second-order valence-electron chi connectivity index (χ2n) is 4.25. The van der Waals surface area contributed by atoms with Gasteiger partial charge in [0.15, 0.2) is 5.76 Å². The fourth-order valence-electron chi connectivity index (χ4n) is 1.76. The highest BCUT2D eigenvalue weighted by Crippen LogP contribution is 2.28. The van der Waals surface area contributed by atoms with Crippen molar-refractivity contribution >= 4 is 23.1 Å². The average molecular weight is 303 g/mol. The van der Waals surface area contributed by atoms with Crippen molar-refractivity contribution in [2.24, 2.45) is 0 Å². The summed E-state index contributed by atoms with van der Waals surface area (Å²) < 4.78 is 5.35. The highest BCUT2D eigenvalue weighted by atomic mass is 32.2. The minimum absolute atomic E-state index is 0.0818. The summed E-state index contributed by atoms with van der Waals surface area (Å²) in [5, 5.41) is 15.1. The number of nitrogens with zero attached hydrogens (tertiary/aromatic N) is 1. The Labute approximate surface area is 125 Å². The van der Waals surface area contributed by atoms with Crippen molar-refractivity contribution in [1.82, 2.24) is 5.16 Å². The van der Waals surface area contributed by atoms with Crippen molar-refractivity contribution in [2.75, 3.05) is 0 Å². The quantitative estimate of drug-likeness (QED) is 0.718. The highest BCUT2D eigenvalue weighted by molar-refractivity contribution is 7.98. The van der Waals surface area contributed by atoms with Gasteiger partial charge in [-0.05, 0) is 29.1 Å². The zero-order valence-electron chi connectivity index (χ0n) is 10.7. The number of hydrogen-bond donors (Lipinski definition) is 1. The van der Waals surface area contributed by atoms with Crippen molar-refractivity contribution in [3.05, 3.63) is 59.1 Å². The highest BCUT2D eigenvalue weighted by Gasteiger charge is 2.07. The number of rotatable bonds is 5.